The minimum atomic E-state index is -0.437. The Bertz CT molecular complexity index is 7620. The number of nitrogens with zero attached hydrogens (tertiary/aromatic N) is 10. The summed E-state index contributed by atoms with van der Waals surface area (Å²) in [6.45, 7) is 8.31. The summed E-state index contributed by atoms with van der Waals surface area (Å²) in [5, 5.41) is 6.58. The van der Waals surface area contributed by atoms with Gasteiger partial charge in [-0.25, -0.2) is 39.9 Å². The van der Waals surface area contributed by atoms with Crippen LogP contribution in [0.25, 0.3) is 209 Å². The van der Waals surface area contributed by atoms with Crippen LogP contribution in [-0.4, -0.2) is 68.2 Å². The number of rotatable bonds is 12. The summed E-state index contributed by atoms with van der Waals surface area (Å²) < 4.78 is 30.5. The first kappa shape index (κ1) is 75.1. The SMILES string of the molecule is CC1(C)OB(c2ccc3oc4c(-c5cccc(-c6nc(-c7ccccc7)c7sc8ccccc8c7n6)c5)cccc4c3c2)OC1(C)C.Clc1nc(-c2ccccc2)nc(-c2ccccc2)n1.c1ccc(-c2nc(-c3ccccc3)nc(-c3ccc4oc5c(-c6cccc(-c7nc(-c8ccccc8)c8sc9ccccc9c8n7)c6)cccc5c4c3)n2)cc1. The Morgan fingerprint density at radius 2 is 0.582 bits per heavy atom. The summed E-state index contributed by atoms with van der Waals surface area (Å²) >= 11 is 9.47. The molecular formula is C104H70BClN10O4S2. The Morgan fingerprint density at radius 1 is 0.262 bits per heavy atom. The van der Waals surface area contributed by atoms with E-state index in [1.807, 2.05) is 158 Å². The highest BCUT2D eigenvalue weighted by Gasteiger charge is 2.52. The number of furan rings is 2. The van der Waals surface area contributed by atoms with Crippen molar-refractivity contribution in [3.05, 3.63) is 357 Å². The highest BCUT2D eigenvalue weighted by atomic mass is 35.5. The van der Waals surface area contributed by atoms with Crippen LogP contribution in [0.4, 0.5) is 0 Å². The van der Waals surface area contributed by atoms with Crippen molar-refractivity contribution in [2.45, 2.75) is 38.9 Å². The van der Waals surface area contributed by atoms with E-state index in [2.05, 4.69) is 237 Å². The quantitative estimate of drug-likeness (QED) is 0.106. The molecule has 0 bridgehead atoms. The molecular weight excluding hydrogens is 1560 g/mol. The minimum Gasteiger partial charge on any atom is -0.455 e. The maximum Gasteiger partial charge on any atom is 0.494 e. The molecule has 0 amide bonds. The van der Waals surface area contributed by atoms with Crippen LogP contribution in [0, 0.1) is 0 Å². The first-order valence-corrected chi connectivity index (χ1v) is 42.2. The van der Waals surface area contributed by atoms with E-state index in [1.165, 1.54) is 9.40 Å². The fourth-order valence-electron chi connectivity index (χ4n) is 15.7. The number of hydrogen-bond acceptors (Lipinski definition) is 16. The van der Waals surface area contributed by atoms with E-state index in [1.54, 1.807) is 22.7 Å². The van der Waals surface area contributed by atoms with Crippen molar-refractivity contribution in [3.63, 3.8) is 0 Å². The molecule has 0 N–H and O–H groups in total. The molecule has 1 aliphatic rings. The van der Waals surface area contributed by atoms with Crippen LogP contribution >= 0.6 is 34.3 Å². The van der Waals surface area contributed by atoms with E-state index >= 15 is 0 Å². The smallest absolute Gasteiger partial charge is 0.455 e. The van der Waals surface area contributed by atoms with Gasteiger partial charge in [0, 0.05) is 103 Å². The van der Waals surface area contributed by atoms with Crippen molar-refractivity contribution in [3.8, 4) is 124 Å². The number of hydrogen-bond donors (Lipinski definition) is 0. The maximum absolute atomic E-state index is 6.65. The average Bonchev–Trinajstić information content (AvgIpc) is 1.60. The summed E-state index contributed by atoms with van der Waals surface area (Å²) in [4.78, 5) is 48.4. The highest BCUT2D eigenvalue weighted by Crippen LogP contribution is 2.46. The van der Waals surface area contributed by atoms with Crippen LogP contribution < -0.4 is 5.46 Å². The van der Waals surface area contributed by atoms with E-state index in [0.29, 0.717) is 40.8 Å². The van der Waals surface area contributed by atoms with Crippen LogP contribution in [0.2, 0.25) is 5.28 Å². The number of benzene rings is 14. The van der Waals surface area contributed by atoms with Crippen LogP contribution in [0.5, 0.6) is 0 Å². The Labute approximate surface area is 714 Å². The largest absolute Gasteiger partial charge is 0.494 e. The third kappa shape index (κ3) is 14.3. The number of aromatic nitrogens is 10. The van der Waals surface area contributed by atoms with Gasteiger partial charge in [-0.05, 0) is 104 Å². The van der Waals surface area contributed by atoms with Crippen molar-refractivity contribution in [2.75, 3.05) is 0 Å². The molecule has 1 saturated heterocycles. The fourth-order valence-corrected chi connectivity index (χ4v) is 18.2. The van der Waals surface area contributed by atoms with Crippen LogP contribution in [0.3, 0.4) is 0 Å². The molecule has 0 saturated carbocycles. The Morgan fingerprint density at radius 3 is 1.01 bits per heavy atom. The van der Waals surface area contributed by atoms with Gasteiger partial charge < -0.3 is 18.1 Å². The maximum atomic E-state index is 6.65. The molecule has 9 heterocycles. The lowest BCUT2D eigenvalue weighted by atomic mass is 9.78. The Hall–Kier alpha value is -14.4. The van der Waals surface area contributed by atoms with Crippen molar-refractivity contribution in [1.29, 1.82) is 0 Å². The van der Waals surface area contributed by atoms with Gasteiger partial charge in [0.1, 0.15) is 22.3 Å². The van der Waals surface area contributed by atoms with Crippen molar-refractivity contribution in [2.24, 2.45) is 0 Å². The fraction of sp³-hybridized carbons (Fsp3) is 0.0577. The average molecular weight is 1630 g/mol. The summed E-state index contributed by atoms with van der Waals surface area (Å²) in [6.07, 6.45) is 0. The van der Waals surface area contributed by atoms with Gasteiger partial charge in [-0.2, -0.15) is 9.97 Å². The minimum absolute atomic E-state index is 0.202. The molecule has 0 radical (unpaired) electrons. The van der Waals surface area contributed by atoms with E-state index < -0.39 is 18.3 Å². The molecule has 122 heavy (non-hydrogen) atoms. The van der Waals surface area contributed by atoms with Gasteiger partial charge in [0.05, 0.1) is 43.0 Å². The highest BCUT2D eigenvalue weighted by molar-refractivity contribution is 7.26. The summed E-state index contributed by atoms with van der Waals surface area (Å²) in [6, 6.07) is 119. The van der Waals surface area contributed by atoms with Gasteiger partial charge in [-0.3, -0.25) is 0 Å². The number of fused-ring (bicyclic) bond motifs is 12. The van der Waals surface area contributed by atoms with Crippen molar-refractivity contribution >= 4 is 131 Å². The lowest BCUT2D eigenvalue weighted by molar-refractivity contribution is 0.00578. The lowest BCUT2D eigenvalue weighted by Gasteiger charge is -2.32. The predicted molar refractivity (Wildman–Crippen MR) is 498 cm³/mol. The van der Waals surface area contributed by atoms with E-state index in [9.17, 15) is 0 Å². The molecule has 0 aliphatic carbocycles. The van der Waals surface area contributed by atoms with Gasteiger partial charge >= 0.3 is 7.12 Å². The van der Waals surface area contributed by atoms with Gasteiger partial charge in [-0.15, -0.1) is 22.7 Å². The number of thiophene rings is 2. The first-order valence-electron chi connectivity index (χ1n) is 40.2. The molecule has 8 aromatic heterocycles. The third-order valence-corrected chi connectivity index (χ3v) is 25.1. The number of halogens is 1. The third-order valence-electron chi connectivity index (χ3n) is 22.6. The van der Waals surface area contributed by atoms with Crippen LogP contribution in [-0.2, 0) is 9.31 Å². The van der Waals surface area contributed by atoms with Crippen LogP contribution in [0.1, 0.15) is 27.7 Å². The standard InChI is InChI=1S/C49H29N5OS.C40H31BN2O3S.C15H10ClN3/c1-4-14-30(15-5-1)42-45-43(38-22-10-11-25-41(38)56-45)51-48(50-42)34-21-12-20-33(28-34)36-23-13-24-37-39-29-35(26-27-40(39)55-44(36)37)49-53-46(31-16-6-2-7-17-31)52-47(54-49)32-18-8-3-9-19-32;1-39(2)40(3,4)46-41(45-39)27-20-21-32-31(23-27)29-18-11-17-28(36(29)44-32)25-14-10-15-26(22-25)38-42-34(24-12-6-5-7-13-24)37-35(43-38)30-16-8-9-19-33(30)47-37;16-15-18-13(11-7-3-1-4-8-11)17-14(19-15)12-9-5-2-6-10-12/h1-29H;5-23H,1-4H3;1-10H. The van der Waals surface area contributed by atoms with Crippen molar-refractivity contribution < 1.29 is 18.1 Å². The second-order valence-electron chi connectivity index (χ2n) is 30.9. The molecule has 582 valence electrons. The Balaban J connectivity index is 0.000000125. The second kappa shape index (κ2) is 31.4. The molecule has 23 rings (SSSR count). The van der Waals surface area contributed by atoms with E-state index in [0.717, 1.165) is 164 Å². The molecule has 1 fully saturated rings. The van der Waals surface area contributed by atoms with Gasteiger partial charge in [0.2, 0.25) is 5.28 Å². The first-order chi connectivity index (χ1) is 59.8. The van der Waals surface area contributed by atoms with Crippen molar-refractivity contribution in [1.82, 2.24) is 49.8 Å². The normalized spacial score (nSPS) is 13.0. The molecule has 18 heteroatoms. The van der Waals surface area contributed by atoms with Gasteiger partial charge in [0.25, 0.3) is 0 Å². The molecule has 0 atom stereocenters. The molecule has 1 aliphatic heterocycles. The van der Waals surface area contributed by atoms with Gasteiger partial charge in [0.15, 0.2) is 40.8 Å². The van der Waals surface area contributed by atoms with E-state index in [-0.39, 0.29) is 5.28 Å². The summed E-state index contributed by atoms with van der Waals surface area (Å²) in [5.41, 5.74) is 20.0. The summed E-state index contributed by atoms with van der Waals surface area (Å²) in [5.74, 6) is 4.40. The second-order valence-corrected chi connectivity index (χ2v) is 33.3. The predicted octanol–water partition coefficient (Wildman–Crippen LogP) is 26.8. The zero-order valence-corrected chi connectivity index (χ0v) is 68.8. The molecule has 22 aromatic rings. The lowest BCUT2D eigenvalue weighted by Crippen LogP contribution is -2.41. The number of para-hydroxylation sites is 2. The van der Waals surface area contributed by atoms with Gasteiger partial charge in [-0.1, -0.05) is 303 Å². The molecule has 0 spiro atoms. The topological polar surface area (TPSA) is 174 Å². The monoisotopic (exact) mass is 1630 g/mol. The summed E-state index contributed by atoms with van der Waals surface area (Å²) in [7, 11) is -0.437. The van der Waals surface area contributed by atoms with Crippen LogP contribution in [0.15, 0.2) is 361 Å². The molecule has 0 unspecified atom stereocenters. The molecule has 14 nitrogen and oxygen atoms in total. The zero-order valence-electron chi connectivity index (χ0n) is 66.4. The van der Waals surface area contributed by atoms with E-state index in [4.69, 9.17) is 64.6 Å². The zero-order chi connectivity index (χ0) is 82.0. The molecule has 14 aromatic carbocycles. The Kier molecular flexibility index (Phi) is 19.3.